The highest BCUT2D eigenvalue weighted by molar-refractivity contribution is 9.10. The highest BCUT2D eigenvalue weighted by Gasteiger charge is 2.39. The molecule has 2 fully saturated rings. The van der Waals surface area contributed by atoms with Gasteiger partial charge in [0, 0.05) is 42.4 Å². The maximum atomic E-state index is 13.5. The van der Waals surface area contributed by atoms with Gasteiger partial charge >= 0.3 is 0 Å². The van der Waals surface area contributed by atoms with E-state index in [2.05, 4.69) is 26.8 Å². The topological polar surface area (TPSA) is 64.7 Å². The van der Waals surface area contributed by atoms with Crippen LogP contribution in [0.5, 0.6) is 0 Å². The predicted molar refractivity (Wildman–Crippen MR) is 125 cm³/mol. The number of carbonyl (C=O) groups excluding carboxylic acids is 2. The second-order valence-corrected chi connectivity index (χ2v) is 9.46. The van der Waals surface area contributed by atoms with Gasteiger partial charge in [-0.05, 0) is 61.6 Å². The molecule has 32 heavy (non-hydrogen) atoms. The van der Waals surface area contributed by atoms with Crippen molar-refractivity contribution in [2.45, 2.75) is 37.8 Å². The van der Waals surface area contributed by atoms with E-state index in [4.69, 9.17) is 0 Å². The molecule has 2 aliphatic rings. The van der Waals surface area contributed by atoms with Gasteiger partial charge in [0.05, 0.1) is 0 Å². The first-order valence-electron chi connectivity index (χ1n) is 11.0. The number of hydrogen-bond donors (Lipinski definition) is 2. The molecule has 170 valence electrons. The molecule has 0 saturated carbocycles. The number of hydrazine groups is 1. The van der Waals surface area contributed by atoms with Crippen LogP contribution in [0.25, 0.3) is 0 Å². The number of hydrogen-bond acceptors (Lipinski definition) is 4. The van der Waals surface area contributed by atoms with E-state index in [1.807, 2.05) is 30.3 Å². The Morgan fingerprint density at radius 3 is 2.81 bits per heavy atom. The maximum absolute atomic E-state index is 13.5. The normalized spacial score (nSPS) is 23.0. The molecule has 0 aliphatic carbocycles. The van der Waals surface area contributed by atoms with Gasteiger partial charge in [0.25, 0.3) is 0 Å². The molecule has 8 heteroatoms. The summed E-state index contributed by atoms with van der Waals surface area (Å²) in [5.41, 5.74) is 8.26. The molecule has 0 spiro atoms. The largest absolute Gasteiger partial charge is 0.345 e. The van der Waals surface area contributed by atoms with Crippen LogP contribution < -0.4 is 15.8 Å². The van der Waals surface area contributed by atoms with Crippen LogP contribution in [0.1, 0.15) is 37.3 Å². The van der Waals surface area contributed by atoms with Crippen LogP contribution in [0.2, 0.25) is 0 Å². The molecule has 4 rings (SSSR count). The molecule has 0 bridgehead atoms. The molecule has 2 amide bonds. The summed E-state index contributed by atoms with van der Waals surface area (Å²) in [6, 6.07) is 14.6. The minimum absolute atomic E-state index is 0.0789. The number of amides is 2. The Labute approximate surface area is 196 Å². The van der Waals surface area contributed by atoms with Crippen molar-refractivity contribution in [3.05, 3.63) is 64.4 Å². The first-order chi connectivity index (χ1) is 15.4. The van der Waals surface area contributed by atoms with Crippen molar-refractivity contribution < 1.29 is 14.0 Å². The van der Waals surface area contributed by atoms with Crippen LogP contribution in [0.15, 0.2) is 53.0 Å². The SMILES string of the molecule is CN(CCCC1CC(c2cccc(F)c2)NN1)C(=O)C1CCN(c2cccc(Br)c2)C1=O. The minimum atomic E-state index is -0.609. The Bertz CT molecular complexity index is 988. The molecule has 2 aromatic carbocycles. The molecule has 0 radical (unpaired) electrons. The second-order valence-electron chi connectivity index (χ2n) is 8.54. The molecule has 2 heterocycles. The Morgan fingerprint density at radius 2 is 2.03 bits per heavy atom. The van der Waals surface area contributed by atoms with E-state index in [1.165, 1.54) is 6.07 Å². The molecular weight excluding hydrogens is 475 g/mol. The number of carbonyl (C=O) groups is 2. The van der Waals surface area contributed by atoms with Gasteiger partial charge < -0.3 is 9.80 Å². The van der Waals surface area contributed by atoms with E-state index in [9.17, 15) is 14.0 Å². The van der Waals surface area contributed by atoms with Crippen molar-refractivity contribution >= 4 is 33.4 Å². The zero-order valence-electron chi connectivity index (χ0n) is 18.1. The highest BCUT2D eigenvalue weighted by Crippen LogP contribution is 2.29. The van der Waals surface area contributed by atoms with E-state index >= 15 is 0 Å². The van der Waals surface area contributed by atoms with E-state index in [0.717, 1.165) is 35.0 Å². The van der Waals surface area contributed by atoms with Crippen molar-refractivity contribution in [2.24, 2.45) is 5.92 Å². The van der Waals surface area contributed by atoms with E-state index < -0.39 is 5.92 Å². The second kappa shape index (κ2) is 10.1. The summed E-state index contributed by atoms with van der Waals surface area (Å²) in [6.07, 6.45) is 3.12. The zero-order valence-corrected chi connectivity index (χ0v) is 19.6. The van der Waals surface area contributed by atoms with Crippen LogP contribution in [0.4, 0.5) is 10.1 Å². The number of nitrogens with one attached hydrogen (secondary N) is 2. The van der Waals surface area contributed by atoms with Gasteiger partial charge in [-0.2, -0.15) is 0 Å². The lowest BCUT2D eigenvalue weighted by molar-refractivity contribution is -0.138. The molecule has 2 N–H and O–H groups in total. The van der Waals surface area contributed by atoms with Gasteiger partial charge in [0.2, 0.25) is 11.8 Å². The number of rotatable bonds is 7. The van der Waals surface area contributed by atoms with Crippen LogP contribution in [0.3, 0.4) is 0 Å². The Kier molecular flexibility index (Phi) is 7.23. The van der Waals surface area contributed by atoms with Crippen molar-refractivity contribution in [3.8, 4) is 0 Å². The molecule has 2 aliphatic heterocycles. The third-order valence-electron chi connectivity index (χ3n) is 6.28. The molecule has 2 aromatic rings. The van der Waals surface area contributed by atoms with Crippen LogP contribution in [0, 0.1) is 11.7 Å². The monoisotopic (exact) mass is 502 g/mol. The fourth-order valence-corrected chi connectivity index (χ4v) is 4.90. The Balaban J connectivity index is 1.24. The molecule has 3 atom stereocenters. The summed E-state index contributed by atoms with van der Waals surface area (Å²) in [5, 5.41) is 0. The molecule has 0 aromatic heterocycles. The van der Waals surface area contributed by atoms with Gasteiger partial charge in [0.15, 0.2) is 0 Å². The summed E-state index contributed by atoms with van der Waals surface area (Å²) < 4.78 is 14.4. The van der Waals surface area contributed by atoms with E-state index in [1.54, 1.807) is 29.0 Å². The zero-order chi connectivity index (χ0) is 22.7. The van der Waals surface area contributed by atoms with Crippen molar-refractivity contribution in [2.75, 3.05) is 25.0 Å². The Morgan fingerprint density at radius 1 is 1.22 bits per heavy atom. The van der Waals surface area contributed by atoms with Gasteiger partial charge in [-0.1, -0.05) is 34.1 Å². The van der Waals surface area contributed by atoms with Gasteiger partial charge in [-0.3, -0.25) is 20.4 Å². The highest BCUT2D eigenvalue weighted by atomic mass is 79.9. The third-order valence-corrected chi connectivity index (χ3v) is 6.77. The van der Waals surface area contributed by atoms with Gasteiger partial charge in [-0.25, -0.2) is 4.39 Å². The number of halogens is 2. The predicted octanol–water partition coefficient (Wildman–Crippen LogP) is 3.79. The van der Waals surface area contributed by atoms with E-state index in [0.29, 0.717) is 19.5 Å². The smallest absolute Gasteiger partial charge is 0.239 e. The van der Waals surface area contributed by atoms with Gasteiger partial charge in [-0.15, -0.1) is 0 Å². The fourth-order valence-electron chi connectivity index (χ4n) is 4.51. The van der Waals surface area contributed by atoms with Crippen LogP contribution in [-0.4, -0.2) is 42.9 Å². The maximum Gasteiger partial charge on any atom is 0.239 e. The summed E-state index contributed by atoms with van der Waals surface area (Å²) >= 11 is 3.43. The van der Waals surface area contributed by atoms with Crippen molar-refractivity contribution in [3.63, 3.8) is 0 Å². The summed E-state index contributed by atoms with van der Waals surface area (Å²) in [6.45, 7) is 1.15. The molecule has 3 unspecified atom stereocenters. The summed E-state index contributed by atoms with van der Waals surface area (Å²) in [4.78, 5) is 29.1. The first kappa shape index (κ1) is 22.9. The average Bonchev–Trinajstić information content (AvgIpc) is 3.40. The standard InChI is InChI=1S/C24H28BrFN4O2/c1-29(11-4-8-19-15-22(28-27-19)16-5-2-7-18(26)13-16)23(31)21-10-12-30(24(21)32)20-9-3-6-17(25)14-20/h2-3,5-7,9,13-14,19,21-22,27-28H,4,8,10-12,15H2,1H3. The molecule has 2 saturated heterocycles. The minimum Gasteiger partial charge on any atom is -0.345 e. The number of nitrogens with zero attached hydrogens (tertiary/aromatic N) is 2. The van der Waals surface area contributed by atoms with Gasteiger partial charge in [0.1, 0.15) is 11.7 Å². The molecule has 6 nitrogen and oxygen atoms in total. The van der Waals surface area contributed by atoms with E-state index in [-0.39, 0.29) is 29.7 Å². The first-order valence-corrected chi connectivity index (χ1v) is 11.8. The average molecular weight is 503 g/mol. The number of benzene rings is 2. The molecular formula is C24H28BrFN4O2. The van der Waals surface area contributed by atoms with Crippen LogP contribution >= 0.6 is 15.9 Å². The fraction of sp³-hybridized carbons (Fsp3) is 0.417. The lowest BCUT2D eigenvalue weighted by atomic mass is 9.99. The Hall–Kier alpha value is -2.29. The lowest BCUT2D eigenvalue weighted by Crippen LogP contribution is -2.39. The van der Waals surface area contributed by atoms with Crippen molar-refractivity contribution in [1.82, 2.24) is 15.8 Å². The van der Waals surface area contributed by atoms with Crippen molar-refractivity contribution in [1.29, 1.82) is 0 Å². The lowest BCUT2D eigenvalue weighted by Gasteiger charge is -2.22. The van der Waals surface area contributed by atoms with Crippen LogP contribution in [-0.2, 0) is 9.59 Å². The quantitative estimate of drug-likeness (QED) is 0.565. The third kappa shape index (κ3) is 5.19. The number of anilines is 1. The summed E-state index contributed by atoms with van der Waals surface area (Å²) in [5.74, 6) is -1.07. The summed E-state index contributed by atoms with van der Waals surface area (Å²) in [7, 11) is 1.77.